The van der Waals surface area contributed by atoms with Crippen LogP contribution in [0.2, 0.25) is 0 Å². The molecule has 1 rings (SSSR count). The van der Waals surface area contributed by atoms with Crippen LogP contribution in [0.25, 0.3) is 0 Å². The third-order valence-corrected chi connectivity index (χ3v) is 2.76. The lowest BCUT2D eigenvalue weighted by molar-refractivity contribution is 0.0953. The summed E-state index contributed by atoms with van der Waals surface area (Å²) in [6.07, 6.45) is 4.89. The minimum Gasteiger partial charge on any atom is -0.352 e. The van der Waals surface area contributed by atoms with Crippen molar-refractivity contribution in [3.63, 3.8) is 0 Å². The number of benzene rings is 1. The fourth-order valence-electron chi connectivity index (χ4n) is 1.41. The number of allylic oxidation sites excluding steroid dienone is 1. The Morgan fingerprint density at radius 2 is 2.25 bits per heavy atom. The lowest BCUT2D eigenvalue weighted by Gasteiger charge is -2.06. The molecule has 0 aliphatic rings. The predicted molar refractivity (Wildman–Crippen MR) is 70.6 cm³/mol. The van der Waals surface area contributed by atoms with Crippen LogP contribution in [-0.4, -0.2) is 12.5 Å². The predicted octanol–water partition coefficient (Wildman–Crippen LogP) is 3.45. The lowest BCUT2D eigenvalue weighted by atomic mass is 10.1. The molecule has 0 saturated heterocycles. The van der Waals surface area contributed by atoms with E-state index in [1.54, 1.807) is 0 Å². The van der Waals surface area contributed by atoms with E-state index in [-0.39, 0.29) is 5.91 Å². The van der Waals surface area contributed by atoms with Gasteiger partial charge in [-0.05, 0) is 44.0 Å². The molecule has 1 aromatic rings. The van der Waals surface area contributed by atoms with Crippen LogP contribution in [0.15, 0.2) is 34.8 Å². The Balaban J connectivity index is 2.59. The first-order valence-electron chi connectivity index (χ1n) is 5.30. The van der Waals surface area contributed by atoms with E-state index >= 15 is 0 Å². The van der Waals surface area contributed by atoms with Gasteiger partial charge in [0.15, 0.2) is 0 Å². The molecule has 2 nitrogen and oxygen atoms in total. The van der Waals surface area contributed by atoms with E-state index in [9.17, 15) is 4.79 Å². The quantitative estimate of drug-likeness (QED) is 0.665. The molecule has 86 valence electrons. The first-order valence-corrected chi connectivity index (χ1v) is 6.10. The fraction of sp³-hybridized carbons (Fsp3) is 0.308. The fourth-order valence-corrected chi connectivity index (χ4v) is 1.89. The SMILES string of the molecule is C/C=C/CCNC(=O)c1ccc(Br)cc1C. The first kappa shape index (κ1) is 13.0. The molecule has 0 saturated carbocycles. The molecule has 0 radical (unpaired) electrons. The number of amides is 1. The second kappa shape index (κ2) is 6.48. The second-order valence-corrected chi connectivity index (χ2v) is 4.49. The van der Waals surface area contributed by atoms with Gasteiger partial charge in [0.1, 0.15) is 0 Å². The van der Waals surface area contributed by atoms with Crippen molar-refractivity contribution in [2.24, 2.45) is 0 Å². The molecular weight excluding hydrogens is 266 g/mol. The Kier molecular flexibility index (Phi) is 5.26. The van der Waals surface area contributed by atoms with Crippen LogP contribution < -0.4 is 5.32 Å². The number of rotatable bonds is 4. The Labute approximate surface area is 105 Å². The smallest absolute Gasteiger partial charge is 0.251 e. The average molecular weight is 282 g/mol. The van der Waals surface area contributed by atoms with Crippen LogP contribution in [0, 0.1) is 6.92 Å². The van der Waals surface area contributed by atoms with Crippen LogP contribution >= 0.6 is 15.9 Å². The molecule has 0 heterocycles. The zero-order valence-electron chi connectivity index (χ0n) is 9.59. The normalized spacial score (nSPS) is 10.7. The van der Waals surface area contributed by atoms with E-state index < -0.39 is 0 Å². The largest absolute Gasteiger partial charge is 0.352 e. The summed E-state index contributed by atoms with van der Waals surface area (Å²) >= 11 is 3.38. The van der Waals surface area contributed by atoms with E-state index in [0.717, 1.165) is 22.0 Å². The molecule has 3 heteroatoms. The van der Waals surface area contributed by atoms with E-state index in [4.69, 9.17) is 0 Å². The summed E-state index contributed by atoms with van der Waals surface area (Å²) in [7, 11) is 0. The van der Waals surface area contributed by atoms with Gasteiger partial charge in [0.2, 0.25) is 0 Å². The van der Waals surface area contributed by atoms with Crippen molar-refractivity contribution in [1.82, 2.24) is 5.32 Å². The summed E-state index contributed by atoms with van der Waals surface area (Å²) in [5, 5.41) is 2.89. The van der Waals surface area contributed by atoms with Gasteiger partial charge < -0.3 is 5.32 Å². The van der Waals surface area contributed by atoms with Crippen LogP contribution in [0.5, 0.6) is 0 Å². The van der Waals surface area contributed by atoms with Crippen molar-refractivity contribution >= 4 is 21.8 Å². The summed E-state index contributed by atoms with van der Waals surface area (Å²) in [5.41, 5.74) is 1.72. The Morgan fingerprint density at radius 1 is 1.50 bits per heavy atom. The van der Waals surface area contributed by atoms with E-state index in [1.165, 1.54) is 0 Å². The van der Waals surface area contributed by atoms with Crippen molar-refractivity contribution in [3.05, 3.63) is 46.0 Å². The topological polar surface area (TPSA) is 29.1 Å². The highest BCUT2D eigenvalue weighted by Gasteiger charge is 2.07. The maximum Gasteiger partial charge on any atom is 0.251 e. The number of hydrogen-bond donors (Lipinski definition) is 1. The molecule has 0 spiro atoms. The summed E-state index contributed by atoms with van der Waals surface area (Å²) in [6.45, 7) is 4.59. The Hall–Kier alpha value is -1.09. The highest BCUT2D eigenvalue weighted by Crippen LogP contribution is 2.15. The zero-order chi connectivity index (χ0) is 12.0. The van der Waals surface area contributed by atoms with Crippen LogP contribution in [0.1, 0.15) is 29.3 Å². The third kappa shape index (κ3) is 3.81. The molecule has 1 amide bonds. The van der Waals surface area contributed by atoms with E-state index in [0.29, 0.717) is 6.54 Å². The van der Waals surface area contributed by atoms with E-state index in [1.807, 2.05) is 44.2 Å². The van der Waals surface area contributed by atoms with Gasteiger partial charge in [0.05, 0.1) is 0 Å². The van der Waals surface area contributed by atoms with E-state index in [2.05, 4.69) is 21.2 Å². The first-order chi connectivity index (χ1) is 7.65. The van der Waals surface area contributed by atoms with Crippen molar-refractivity contribution in [2.45, 2.75) is 20.3 Å². The van der Waals surface area contributed by atoms with Crippen molar-refractivity contribution in [2.75, 3.05) is 6.54 Å². The monoisotopic (exact) mass is 281 g/mol. The van der Waals surface area contributed by atoms with Gasteiger partial charge >= 0.3 is 0 Å². The minimum absolute atomic E-state index is 0.00509. The maximum absolute atomic E-state index is 11.8. The van der Waals surface area contributed by atoms with Gasteiger partial charge in [-0.3, -0.25) is 4.79 Å². The highest BCUT2D eigenvalue weighted by atomic mass is 79.9. The molecule has 1 N–H and O–H groups in total. The molecule has 0 aliphatic carbocycles. The Bertz CT molecular complexity index is 399. The van der Waals surface area contributed by atoms with Gasteiger partial charge in [0, 0.05) is 16.6 Å². The minimum atomic E-state index is -0.00509. The van der Waals surface area contributed by atoms with Gasteiger partial charge in [-0.15, -0.1) is 0 Å². The maximum atomic E-state index is 11.8. The summed E-state index contributed by atoms with van der Waals surface area (Å²) in [6, 6.07) is 5.67. The van der Waals surface area contributed by atoms with Gasteiger partial charge in [0.25, 0.3) is 5.91 Å². The van der Waals surface area contributed by atoms with Crippen LogP contribution in [0.3, 0.4) is 0 Å². The van der Waals surface area contributed by atoms with Crippen LogP contribution in [-0.2, 0) is 0 Å². The van der Waals surface area contributed by atoms with Crippen molar-refractivity contribution in [3.8, 4) is 0 Å². The molecule has 0 aliphatic heterocycles. The molecule has 0 bridgehead atoms. The standard InChI is InChI=1S/C13H16BrNO/c1-3-4-5-8-15-13(16)12-7-6-11(14)9-10(12)2/h3-4,6-7,9H,5,8H2,1-2H3,(H,15,16)/b4-3+. The number of hydrogen-bond acceptors (Lipinski definition) is 1. The molecule has 1 aromatic carbocycles. The average Bonchev–Trinajstić information content (AvgIpc) is 2.24. The lowest BCUT2D eigenvalue weighted by Crippen LogP contribution is -2.24. The summed E-state index contributed by atoms with van der Waals surface area (Å²) in [5.74, 6) is -0.00509. The zero-order valence-corrected chi connectivity index (χ0v) is 11.2. The molecular formula is C13H16BrNO. The number of carbonyl (C=O) groups is 1. The second-order valence-electron chi connectivity index (χ2n) is 3.57. The highest BCUT2D eigenvalue weighted by molar-refractivity contribution is 9.10. The van der Waals surface area contributed by atoms with Crippen LogP contribution in [0.4, 0.5) is 0 Å². The van der Waals surface area contributed by atoms with Crippen molar-refractivity contribution < 1.29 is 4.79 Å². The molecule has 0 unspecified atom stereocenters. The van der Waals surface area contributed by atoms with Gasteiger partial charge in [-0.25, -0.2) is 0 Å². The number of nitrogens with one attached hydrogen (secondary N) is 1. The Morgan fingerprint density at radius 3 is 2.88 bits per heavy atom. The van der Waals surface area contributed by atoms with Gasteiger partial charge in [-0.2, -0.15) is 0 Å². The van der Waals surface area contributed by atoms with Gasteiger partial charge in [-0.1, -0.05) is 28.1 Å². The molecule has 0 atom stereocenters. The molecule has 0 fully saturated rings. The number of carbonyl (C=O) groups excluding carboxylic acids is 1. The van der Waals surface area contributed by atoms with Crippen molar-refractivity contribution in [1.29, 1.82) is 0 Å². The third-order valence-electron chi connectivity index (χ3n) is 2.27. The molecule has 16 heavy (non-hydrogen) atoms. The number of halogens is 1. The summed E-state index contributed by atoms with van der Waals surface area (Å²) in [4.78, 5) is 11.8. The number of aryl methyl sites for hydroxylation is 1. The summed E-state index contributed by atoms with van der Waals surface area (Å²) < 4.78 is 0.996. The molecule has 0 aromatic heterocycles.